The summed E-state index contributed by atoms with van der Waals surface area (Å²) in [7, 11) is 2.08. The minimum Gasteiger partial charge on any atom is -0.375 e. The fourth-order valence-electron chi connectivity index (χ4n) is 3.59. The zero-order valence-corrected chi connectivity index (χ0v) is 17.3. The van der Waals surface area contributed by atoms with E-state index < -0.39 is 0 Å². The van der Waals surface area contributed by atoms with Gasteiger partial charge in [0.2, 0.25) is 0 Å². The van der Waals surface area contributed by atoms with E-state index in [4.69, 9.17) is 11.6 Å². The van der Waals surface area contributed by atoms with Crippen LogP contribution >= 0.6 is 11.6 Å². The van der Waals surface area contributed by atoms with Gasteiger partial charge in [0.15, 0.2) is 6.54 Å². The number of piperazine rings is 1. The summed E-state index contributed by atoms with van der Waals surface area (Å²) in [5, 5.41) is 3.86. The second kappa shape index (κ2) is 10.3. The van der Waals surface area contributed by atoms with Crippen LogP contribution in [0.25, 0.3) is 0 Å². The molecule has 1 amide bonds. The third-order valence-electron chi connectivity index (χ3n) is 5.26. The second-order valence-electron chi connectivity index (χ2n) is 7.33. The summed E-state index contributed by atoms with van der Waals surface area (Å²) in [5.41, 5.74) is 2.30. The maximum absolute atomic E-state index is 12.3. The van der Waals surface area contributed by atoms with Crippen molar-refractivity contribution in [1.82, 2.24) is 5.32 Å². The van der Waals surface area contributed by atoms with Gasteiger partial charge in [-0.25, -0.2) is 0 Å². The first-order valence-electron chi connectivity index (χ1n) is 9.99. The van der Waals surface area contributed by atoms with E-state index in [0.717, 1.165) is 56.4 Å². The number of amides is 1. The molecule has 2 aromatic carbocycles. The van der Waals surface area contributed by atoms with Gasteiger partial charge in [0.1, 0.15) is 0 Å². The lowest BCUT2D eigenvalue weighted by Gasteiger charge is -2.33. The normalized spacial score (nSPS) is 14.7. The predicted molar refractivity (Wildman–Crippen MR) is 117 cm³/mol. The van der Waals surface area contributed by atoms with E-state index >= 15 is 0 Å². The summed E-state index contributed by atoms with van der Waals surface area (Å²) in [6.45, 7) is 5.95. The van der Waals surface area contributed by atoms with E-state index in [1.165, 1.54) is 10.6 Å². The van der Waals surface area contributed by atoms with Crippen LogP contribution in [0.4, 0.5) is 11.4 Å². The first-order chi connectivity index (χ1) is 13.6. The van der Waals surface area contributed by atoms with Crippen LogP contribution in [0.5, 0.6) is 0 Å². The number of para-hydroxylation sites is 2. The van der Waals surface area contributed by atoms with Gasteiger partial charge in [0.05, 0.1) is 36.9 Å². The van der Waals surface area contributed by atoms with Crippen LogP contribution in [0, 0.1) is 0 Å². The zero-order chi connectivity index (χ0) is 19.8. The van der Waals surface area contributed by atoms with E-state index in [1.807, 2.05) is 36.4 Å². The highest BCUT2D eigenvalue weighted by Crippen LogP contribution is 2.24. The van der Waals surface area contributed by atoms with Gasteiger partial charge in [-0.2, -0.15) is 0 Å². The van der Waals surface area contributed by atoms with Crippen molar-refractivity contribution in [3.63, 3.8) is 0 Å². The number of carbonyl (C=O) groups excluding carboxylic acids is 1. The Bertz CT molecular complexity index is 747. The highest BCUT2D eigenvalue weighted by molar-refractivity contribution is 6.33. The summed E-state index contributed by atoms with van der Waals surface area (Å²) >= 11 is 6.29. The molecule has 2 N–H and O–H groups in total. The Morgan fingerprint density at radius 1 is 1.11 bits per heavy atom. The Morgan fingerprint density at radius 3 is 2.50 bits per heavy atom. The predicted octanol–water partition coefficient (Wildman–Crippen LogP) is 1.69. The van der Waals surface area contributed by atoms with Crippen LogP contribution in [-0.2, 0) is 4.79 Å². The summed E-state index contributed by atoms with van der Waals surface area (Å²) in [6, 6.07) is 18.3. The largest absolute Gasteiger partial charge is 0.375 e. The first kappa shape index (κ1) is 20.5. The van der Waals surface area contributed by atoms with Crippen molar-refractivity contribution in [2.45, 2.75) is 6.42 Å². The highest BCUT2D eigenvalue weighted by atomic mass is 35.5. The third-order valence-corrected chi connectivity index (χ3v) is 5.58. The van der Waals surface area contributed by atoms with E-state index in [0.29, 0.717) is 6.54 Å². The lowest BCUT2D eigenvalue weighted by molar-refractivity contribution is -0.892. The number of quaternary nitrogens is 1. The lowest BCUT2D eigenvalue weighted by Crippen LogP contribution is -3.16. The summed E-state index contributed by atoms with van der Waals surface area (Å²) < 4.78 is 0. The van der Waals surface area contributed by atoms with E-state index in [1.54, 1.807) is 0 Å². The molecule has 0 saturated carbocycles. The quantitative estimate of drug-likeness (QED) is 0.661. The number of nitrogens with zero attached hydrogens (tertiary/aromatic N) is 2. The molecule has 3 rings (SSSR count). The van der Waals surface area contributed by atoms with Gasteiger partial charge in [-0.1, -0.05) is 41.9 Å². The second-order valence-corrected chi connectivity index (χ2v) is 7.73. The van der Waals surface area contributed by atoms with Crippen LogP contribution in [0.15, 0.2) is 54.6 Å². The molecule has 0 aliphatic carbocycles. The van der Waals surface area contributed by atoms with Crippen molar-refractivity contribution in [3.8, 4) is 0 Å². The van der Waals surface area contributed by atoms with Gasteiger partial charge >= 0.3 is 0 Å². The number of hydrogen-bond acceptors (Lipinski definition) is 3. The van der Waals surface area contributed by atoms with E-state index in [-0.39, 0.29) is 5.91 Å². The Balaban J connectivity index is 1.32. The molecule has 1 heterocycles. The Hall–Kier alpha value is -2.24. The van der Waals surface area contributed by atoms with Gasteiger partial charge in [-0.15, -0.1) is 0 Å². The standard InChI is InChI=1S/C22H29ClN4O/c1-25(19-8-3-2-4-9-19)13-7-12-24-22(28)18-26-14-16-27(17-15-26)21-11-6-5-10-20(21)23/h2-6,8-11H,7,12-18H2,1H3,(H,24,28)/p+1. The zero-order valence-electron chi connectivity index (χ0n) is 16.5. The van der Waals surface area contributed by atoms with Crippen molar-refractivity contribution in [2.75, 3.05) is 62.7 Å². The maximum atomic E-state index is 12.3. The lowest BCUT2D eigenvalue weighted by atomic mass is 10.2. The van der Waals surface area contributed by atoms with Crippen molar-refractivity contribution < 1.29 is 9.69 Å². The average molecular weight is 402 g/mol. The van der Waals surface area contributed by atoms with Crippen LogP contribution in [0.1, 0.15) is 6.42 Å². The Labute approximate surface area is 172 Å². The number of carbonyl (C=O) groups is 1. The smallest absolute Gasteiger partial charge is 0.275 e. The van der Waals surface area contributed by atoms with Gasteiger partial charge in [0.25, 0.3) is 5.91 Å². The van der Waals surface area contributed by atoms with Crippen molar-refractivity contribution in [3.05, 3.63) is 59.6 Å². The molecule has 5 nitrogen and oxygen atoms in total. The van der Waals surface area contributed by atoms with Crippen molar-refractivity contribution in [1.29, 1.82) is 0 Å². The molecule has 28 heavy (non-hydrogen) atoms. The molecule has 0 unspecified atom stereocenters. The summed E-state index contributed by atoms with van der Waals surface area (Å²) in [6.07, 6.45) is 0.937. The van der Waals surface area contributed by atoms with Crippen LogP contribution in [0.3, 0.4) is 0 Å². The molecule has 0 bridgehead atoms. The molecule has 0 radical (unpaired) electrons. The van der Waals surface area contributed by atoms with Crippen LogP contribution in [0.2, 0.25) is 5.02 Å². The third kappa shape index (κ3) is 5.88. The van der Waals surface area contributed by atoms with Gasteiger partial charge in [-0.05, 0) is 30.7 Å². The van der Waals surface area contributed by atoms with Crippen LogP contribution < -0.4 is 20.0 Å². The number of hydrogen-bond donors (Lipinski definition) is 2. The minimum atomic E-state index is 0.142. The molecule has 2 aromatic rings. The molecule has 1 saturated heterocycles. The monoisotopic (exact) mass is 401 g/mol. The number of rotatable bonds is 8. The number of anilines is 2. The topological polar surface area (TPSA) is 40.0 Å². The molecule has 1 aliphatic heterocycles. The Morgan fingerprint density at radius 2 is 1.79 bits per heavy atom. The molecular weight excluding hydrogens is 372 g/mol. The van der Waals surface area contributed by atoms with Gasteiger partial charge in [-0.3, -0.25) is 4.79 Å². The minimum absolute atomic E-state index is 0.142. The fraction of sp³-hybridized carbons (Fsp3) is 0.409. The highest BCUT2D eigenvalue weighted by Gasteiger charge is 2.23. The first-order valence-corrected chi connectivity index (χ1v) is 10.4. The number of nitrogens with one attached hydrogen (secondary N) is 2. The molecular formula is C22H30ClN4O+. The van der Waals surface area contributed by atoms with Crippen molar-refractivity contribution in [2.24, 2.45) is 0 Å². The maximum Gasteiger partial charge on any atom is 0.275 e. The van der Waals surface area contributed by atoms with Gasteiger partial charge < -0.3 is 20.0 Å². The molecule has 1 aliphatic rings. The van der Waals surface area contributed by atoms with Crippen molar-refractivity contribution >= 4 is 28.9 Å². The SMILES string of the molecule is CN(CCCNC(=O)C[NH+]1CCN(c2ccccc2Cl)CC1)c1ccccc1. The Kier molecular flexibility index (Phi) is 7.57. The molecule has 0 atom stereocenters. The molecule has 150 valence electrons. The number of benzene rings is 2. The van der Waals surface area contributed by atoms with E-state index in [2.05, 4.69) is 40.4 Å². The number of halogens is 1. The fourth-order valence-corrected chi connectivity index (χ4v) is 3.85. The summed E-state index contributed by atoms with van der Waals surface area (Å²) in [4.78, 5) is 18.1. The molecule has 6 heteroatoms. The molecule has 0 spiro atoms. The van der Waals surface area contributed by atoms with E-state index in [9.17, 15) is 4.79 Å². The molecule has 1 fully saturated rings. The van der Waals surface area contributed by atoms with Crippen LogP contribution in [-0.4, -0.2) is 58.8 Å². The summed E-state index contributed by atoms with van der Waals surface area (Å²) in [5.74, 6) is 0.142. The average Bonchev–Trinajstić information content (AvgIpc) is 2.73. The molecule has 0 aromatic heterocycles. The van der Waals surface area contributed by atoms with Gasteiger partial charge in [0, 0.05) is 25.8 Å².